The lowest BCUT2D eigenvalue weighted by molar-refractivity contribution is -0.218. The van der Waals surface area contributed by atoms with E-state index in [1.165, 1.54) is 0 Å². The molecular weight excluding hydrogens is 380 g/mol. The predicted molar refractivity (Wildman–Crippen MR) is 120 cm³/mol. The topological polar surface area (TPSA) is 69.9 Å². The van der Waals surface area contributed by atoms with Gasteiger partial charge in [-0.3, -0.25) is 0 Å². The van der Waals surface area contributed by atoms with E-state index >= 15 is 0 Å². The van der Waals surface area contributed by atoms with Crippen LogP contribution in [0.3, 0.4) is 0 Å². The Morgan fingerprint density at radius 2 is 1.66 bits per heavy atom. The van der Waals surface area contributed by atoms with Crippen LogP contribution in [-0.4, -0.2) is 48.6 Å². The molecule has 0 aromatic heterocycles. The van der Waals surface area contributed by atoms with E-state index in [0.717, 1.165) is 25.7 Å². The summed E-state index contributed by atoms with van der Waals surface area (Å²) < 4.78 is 7.07. The van der Waals surface area contributed by atoms with Crippen LogP contribution in [0.15, 0.2) is 0 Å². The van der Waals surface area contributed by atoms with Gasteiger partial charge in [0.25, 0.3) is 0 Å². The van der Waals surface area contributed by atoms with Crippen molar-refractivity contribution in [2.24, 2.45) is 34.5 Å². The Balaban J connectivity index is 2.07. The molecule has 0 amide bonds. The Kier molecular flexibility index (Phi) is 6.20. The molecule has 2 unspecified atom stereocenters. The molecule has 3 fully saturated rings. The Bertz CT molecular complexity index is 602. The summed E-state index contributed by atoms with van der Waals surface area (Å²) >= 11 is 0. The lowest BCUT2D eigenvalue weighted by atomic mass is 9.42. The van der Waals surface area contributed by atoms with Gasteiger partial charge >= 0.3 is 0 Å². The zero-order valence-corrected chi connectivity index (χ0v) is 21.0. The Labute approximate surface area is 179 Å². The van der Waals surface area contributed by atoms with Crippen LogP contribution < -0.4 is 0 Å². The van der Waals surface area contributed by atoms with E-state index in [1.54, 1.807) is 0 Å². The summed E-state index contributed by atoms with van der Waals surface area (Å²) in [7, 11) is -2.01. The van der Waals surface area contributed by atoms with Crippen LogP contribution in [0.2, 0.25) is 18.1 Å². The summed E-state index contributed by atoms with van der Waals surface area (Å²) in [5.74, 6) is 1.32. The SMILES string of the molecule is CC1CC(O)[C@H]2C[C@H](O[Si](C)(C)C(C)(C)C)[C@@H]3[C@](C)(CO)C[C@H](O)C[C@@]3(C)[C@@H]2C1. The highest BCUT2D eigenvalue weighted by molar-refractivity contribution is 6.74. The maximum atomic E-state index is 11.1. The first-order valence-electron chi connectivity index (χ1n) is 11.8. The average Bonchev–Trinajstić information content (AvgIpc) is 2.53. The van der Waals surface area contributed by atoms with Crippen LogP contribution in [0, 0.1) is 34.5 Å². The molecule has 3 aliphatic rings. The molecule has 0 bridgehead atoms. The molecule has 0 saturated heterocycles. The fraction of sp³-hybridized carbons (Fsp3) is 1.00. The van der Waals surface area contributed by atoms with E-state index < -0.39 is 14.4 Å². The number of rotatable bonds is 3. The highest BCUT2D eigenvalue weighted by Crippen LogP contribution is 2.65. The lowest BCUT2D eigenvalue weighted by Crippen LogP contribution is -2.65. The number of aliphatic hydroxyl groups excluding tert-OH is 3. The Morgan fingerprint density at radius 3 is 2.21 bits per heavy atom. The van der Waals surface area contributed by atoms with Crippen molar-refractivity contribution >= 4 is 8.32 Å². The van der Waals surface area contributed by atoms with Gasteiger partial charge in [0.05, 0.1) is 12.2 Å². The van der Waals surface area contributed by atoms with Crippen LogP contribution >= 0.6 is 0 Å². The summed E-state index contributed by atoms with van der Waals surface area (Å²) in [5.41, 5.74) is -0.475. The lowest BCUT2D eigenvalue weighted by Gasteiger charge is -2.65. The molecule has 3 N–H and O–H groups in total. The smallest absolute Gasteiger partial charge is 0.192 e. The van der Waals surface area contributed by atoms with E-state index in [0.29, 0.717) is 18.3 Å². The van der Waals surface area contributed by atoms with Crippen molar-refractivity contribution in [2.45, 2.75) is 110 Å². The third kappa shape index (κ3) is 3.99. The molecule has 170 valence electrons. The summed E-state index contributed by atoms with van der Waals surface area (Å²) in [6.07, 6.45) is 3.61. The largest absolute Gasteiger partial charge is 0.414 e. The maximum Gasteiger partial charge on any atom is 0.192 e. The van der Waals surface area contributed by atoms with E-state index in [2.05, 4.69) is 54.6 Å². The van der Waals surface area contributed by atoms with Crippen LogP contribution in [-0.2, 0) is 4.43 Å². The van der Waals surface area contributed by atoms with Crippen LogP contribution in [0.4, 0.5) is 0 Å². The first kappa shape index (κ1) is 23.7. The monoisotopic (exact) mass is 426 g/mol. The molecule has 0 aromatic rings. The Morgan fingerprint density at radius 1 is 1.03 bits per heavy atom. The predicted octanol–water partition coefficient (Wildman–Crippen LogP) is 4.58. The van der Waals surface area contributed by atoms with Gasteiger partial charge in [-0.05, 0) is 84.7 Å². The standard InChI is InChI=1S/C24H46O4Si/c1-15-9-18-17(19(27)10-15)11-20(28-29(7,8)22(2,3)4)21-23(5,14-25)12-16(26)13-24(18,21)6/h15-21,25-27H,9-14H2,1-8H3/t15?,16-,17-,18+,19?,20-,21+,23-,24-/m0/s1. The minimum absolute atomic E-state index is 0.0369. The van der Waals surface area contributed by atoms with Crippen molar-refractivity contribution in [3.8, 4) is 0 Å². The van der Waals surface area contributed by atoms with Crippen molar-refractivity contribution in [2.75, 3.05) is 6.61 Å². The Hall–Kier alpha value is 0.0569. The van der Waals surface area contributed by atoms with Crippen LogP contribution in [0.25, 0.3) is 0 Å². The van der Waals surface area contributed by atoms with Gasteiger partial charge in [0.2, 0.25) is 0 Å². The van der Waals surface area contributed by atoms with Crippen molar-refractivity contribution in [3.05, 3.63) is 0 Å². The second-order valence-corrected chi connectivity index (χ2v) is 17.7. The number of fused-ring (bicyclic) bond motifs is 3. The highest BCUT2D eigenvalue weighted by Gasteiger charge is 2.64. The van der Waals surface area contributed by atoms with Gasteiger partial charge < -0.3 is 19.7 Å². The summed E-state index contributed by atoms with van der Waals surface area (Å²) in [6, 6.07) is 0. The average molecular weight is 427 g/mol. The fourth-order valence-electron chi connectivity index (χ4n) is 7.30. The highest BCUT2D eigenvalue weighted by atomic mass is 28.4. The quantitative estimate of drug-likeness (QED) is 0.578. The van der Waals surface area contributed by atoms with Gasteiger partial charge in [0.1, 0.15) is 0 Å². The zero-order valence-electron chi connectivity index (χ0n) is 20.0. The van der Waals surface area contributed by atoms with Gasteiger partial charge in [-0.15, -0.1) is 0 Å². The van der Waals surface area contributed by atoms with E-state index in [4.69, 9.17) is 4.43 Å². The van der Waals surface area contributed by atoms with Crippen molar-refractivity contribution < 1.29 is 19.7 Å². The van der Waals surface area contributed by atoms with Crippen molar-refractivity contribution in [1.29, 1.82) is 0 Å². The normalized spacial score (nSPS) is 48.7. The van der Waals surface area contributed by atoms with E-state index in [9.17, 15) is 15.3 Å². The van der Waals surface area contributed by atoms with Gasteiger partial charge in [-0.25, -0.2) is 0 Å². The first-order valence-corrected chi connectivity index (χ1v) is 14.7. The fourth-order valence-corrected chi connectivity index (χ4v) is 8.64. The zero-order chi connectivity index (χ0) is 22.0. The molecule has 0 heterocycles. The van der Waals surface area contributed by atoms with Gasteiger partial charge in [-0.2, -0.15) is 0 Å². The second kappa shape index (κ2) is 7.58. The third-order valence-corrected chi connectivity index (χ3v) is 14.0. The van der Waals surface area contributed by atoms with E-state index in [-0.39, 0.29) is 46.5 Å². The number of aliphatic hydroxyl groups is 3. The molecular formula is C24H46O4Si. The molecule has 0 spiro atoms. The molecule has 0 aromatic carbocycles. The van der Waals surface area contributed by atoms with Crippen molar-refractivity contribution in [3.63, 3.8) is 0 Å². The molecule has 0 aliphatic heterocycles. The van der Waals surface area contributed by atoms with Crippen molar-refractivity contribution in [1.82, 2.24) is 0 Å². The number of hydrogen-bond acceptors (Lipinski definition) is 4. The molecule has 3 aliphatic carbocycles. The molecule has 3 rings (SSSR count). The molecule has 29 heavy (non-hydrogen) atoms. The minimum Gasteiger partial charge on any atom is -0.414 e. The first-order chi connectivity index (χ1) is 13.1. The molecule has 3 saturated carbocycles. The van der Waals surface area contributed by atoms with Crippen LogP contribution in [0.5, 0.6) is 0 Å². The molecule has 0 radical (unpaired) electrons. The summed E-state index contributed by atoms with van der Waals surface area (Å²) in [6.45, 7) is 18.3. The summed E-state index contributed by atoms with van der Waals surface area (Å²) in [5, 5.41) is 32.5. The second-order valence-electron chi connectivity index (χ2n) is 12.9. The minimum atomic E-state index is -2.01. The molecule has 4 nitrogen and oxygen atoms in total. The van der Waals surface area contributed by atoms with Gasteiger partial charge in [0, 0.05) is 12.7 Å². The van der Waals surface area contributed by atoms with Gasteiger partial charge in [0.15, 0.2) is 8.32 Å². The molecule has 9 atom stereocenters. The van der Waals surface area contributed by atoms with Gasteiger partial charge in [-0.1, -0.05) is 41.5 Å². The molecule has 5 heteroatoms. The summed E-state index contributed by atoms with van der Waals surface area (Å²) in [4.78, 5) is 0. The van der Waals surface area contributed by atoms with Crippen LogP contribution in [0.1, 0.15) is 73.6 Å². The maximum absolute atomic E-state index is 11.1. The number of hydrogen-bond donors (Lipinski definition) is 3. The van der Waals surface area contributed by atoms with E-state index in [1.807, 2.05) is 0 Å². The third-order valence-electron chi connectivity index (χ3n) is 9.49.